The number of nitrogens with zero attached hydrogens (tertiary/aromatic N) is 1. The fourth-order valence-corrected chi connectivity index (χ4v) is 2.04. The third kappa shape index (κ3) is 1.51. The number of carboxylic acids is 1. The zero-order valence-corrected chi connectivity index (χ0v) is 8.06. The molecule has 14 heavy (non-hydrogen) atoms. The first-order valence-electron chi connectivity index (χ1n) is 4.66. The van der Waals surface area contributed by atoms with Crippen LogP contribution < -0.4 is 5.11 Å². The molecule has 1 aromatic rings. The summed E-state index contributed by atoms with van der Waals surface area (Å²) in [4.78, 5) is 12.6. The normalized spacial score (nSPS) is 20.8. The van der Waals surface area contributed by atoms with Gasteiger partial charge in [-0.2, -0.15) is 0 Å². The average Bonchev–Trinajstić information content (AvgIpc) is 2.43. The van der Waals surface area contributed by atoms with Gasteiger partial charge in [-0.1, -0.05) is 24.3 Å². The van der Waals surface area contributed by atoms with Gasteiger partial charge in [-0.3, -0.25) is 4.90 Å². The van der Waals surface area contributed by atoms with Crippen LogP contribution in [0.5, 0.6) is 0 Å². The standard InChI is InChI=1S/C11H13NO2/c1-12-7-8-4-2-3-5-9(8)10(12)6-11(13)14/h2-5,10H,6-7H2,1H3,(H,13,14)/p-1. The molecule has 0 saturated heterocycles. The number of carbonyl (C=O) groups is 1. The summed E-state index contributed by atoms with van der Waals surface area (Å²) < 4.78 is 0. The first kappa shape index (κ1) is 9.21. The minimum Gasteiger partial charge on any atom is -0.550 e. The van der Waals surface area contributed by atoms with Crippen molar-refractivity contribution in [3.63, 3.8) is 0 Å². The van der Waals surface area contributed by atoms with Gasteiger partial charge in [0.05, 0.1) is 0 Å². The second-order valence-corrected chi connectivity index (χ2v) is 3.71. The van der Waals surface area contributed by atoms with Crippen molar-refractivity contribution < 1.29 is 9.90 Å². The molecule has 3 heteroatoms. The molecule has 2 rings (SSSR count). The average molecular weight is 190 g/mol. The van der Waals surface area contributed by atoms with E-state index in [-0.39, 0.29) is 12.5 Å². The van der Waals surface area contributed by atoms with E-state index in [1.165, 1.54) is 5.56 Å². The lowest BCUT2D eigenvalue weighted by Gasteiger charge is -2.20. The highest BCUT2D eigenvalue weighted by atomic mass is 16.4. The summed E-state index contributed by atoms with van der Waals surface area (Å²) in [6.07, 6.45) is 0.0769. The molecule has 0 saturated carbocycles. The molecular weight excluding hydrogens is 178 g/mol. The zero-order valence-electron chi connectivity index (χ0n) is 8.06. The van der Waals surface area contributed by atoms with E-state index in [4.69, 9.17) is 0 Å². The van der Waals surface area contributed by atoms with Gasteiger partial charge >= 0.3 is 0 Å². The highest BCUT2D eigenvalue weighted by molar-refractivity contribution is 5.66. The molecule has 74 valence electrons. The van der Waals surface area contributed by atoms with Gasteiger partial charge in [-0.15, -0.1) is 0 Å². The number of rotatable bonds is 2. The molecule has 1 aliphatic rings. The predicted octanol–water partition coefficient (Wildman–Crippen LogP) is 0.313. The Labute approximate surface area is 83.0 Å². The lowest BCUT2D eigenvalue weighted by Crippen LogP contribution is -2.28. The van der Waals surface area contributed by atoms with Gasteiger partial charge in [0, 0.05) is 25.0 Å². The Morgan fingerprint density at radius 1 is 1.57 bits per heavy atom. The van der Waals surface area contributed by atoms with Crippen LogP contribution in [0.3, 0.4) is 0 Å². The van der Waals surface area contributed by atoms with Crippen LogP contribution in [-0.4, -0.2) is 17.9 Å². The summed E-state index contributed by atoms with van der Waals surface area (Å²) in [6, 6.07) is 7.94. The van der Waals surface area contributed by atoms with E-state index in [2.05, 4.69) is 0 Å². The van der Waals surface area contributed by atoms with Crippen LogP contribution in [-0.2, 0) is 11.3 Å². The fourth-order valence-electron chi connectivity index (χ4n) is 2.04. The van der Waals surface area contributed by atoms with Crippen LogP contribution in [0.15, 0.2) is 24.3 Å². The van der Waals surface area contributed by atoms with Gasteiger partial charge in [-0.25, -0.2) is 0 Å². The Balaban J connectivity index is 2.30. The molecule has 0 fully saturated rings. The Hall–Kier alpha value is -1.35. The number of carboxylic acid groups (broad SMARTS) is 1. The Kier molecular flexibility index (Phi) is 2.25. The number of hydrogen-bond donors (Lipinski definition) is 0. The van der Waals surface area contributed by atoms with Crippen molar-refractivity contribution in [2.24, 2.45) is 0 Å². The molecule has 1 unspecified atom stereocenters. The largest absolute Gasteiger partial charge is 0.550 e. The van der Waals surface area contributed by atoms with Crippen molar-refractivity contribution in [2.45, 2.75) is 19.0 Å². The number of hydrogen-bond acceptors (Lipinski definition) is 3. The van der Waals surface area contributed by atoms with E-state index in [9.17, 15) is 9.90 Å². The summed E-state index contributed by atoms with van der Waals surface area (Å²) in [5.74, 6) is -0.987. The fraction of sp³-hybridized carbons (Fsp3) is 0.364. The minimum absolute atomic E-state index is 0.0174. The maximum absolute atomic E-state index is 10.6. The molecule has 1 aliphatic heterocycles. The highest BCUT2D eigenvalue weighted by Crippen LogP contribution is 2.33. The van der Waals surface area contributed by atoms with E-state index < -0.39 is 5.97 Å². The maximum Gasteiger partial charge on any atom is 0.0433 e. The van der Waals surface area contributed by atoms with Crippen molar-refractivity contribution >= 4 is 5.97 Å². The maximum atomic E-state index is 10.6. The van der Waals surface area contributed by atoms with Gasteiger partial charge in [0.1, 0.15) is 0 Å². The van der Waals surface area contributed by atoms with Crippen molar-refractivity contribution in [1.29, 1.82) is 0 Å². The van der Waals surface area contributed by atoms with Gasteiger partial charge in [-0.05, 0) is 18.2 Å². The van der Waals surface area contributed by atoms with Gasteiger partial charge < -0.3 is 9.90 Å². The van der Waals surface area contributed by atoms with Gasteiger partial charge in [0.25, 0.3) is 0 Å². The van der Waals surface area contributed by atoms with Crippen LogP contribution in [0.25, 0.3) is 0 Å². The number of aliphatic carboxylic acids is 1. The monoisotopic (exact) mass is 190 g/mol. The van der Waals surface area contributed by atoms with Crippen LogP contribution in [0.4, 0.5) is 0 Å². The topological polar surface area (TPSA) is 43.4 Å². The molecule has 0 amide bonds. The molecular formula is C11H12NO2-. The first-order chi connectivity index (χ1) is 6.68. The summed E-state index contributed by atoms with van der Waals surface area (Å²) in [7, 11) is 1.94. The Morgan fingerprint density at radius 2 is 2.29 bits per heavy atom. The first-order valence-corrected chi connectivity index (χ1v) is 4.66. The van der Waals surface area contributed by atoms with Crippen LogP contribution in [0, 0.1) is 0 Å². The van der Waals surface area contributed by atoms with E-state index in [1.807, 2.05) is 36.2 Å². The molecule has 3 nitrogen and oxygen atoms in total. The van der Waals surface area contributed by atoms with Crippen LogP contribution >= 0.6 is 0 Å². The van der Waals surface area contributed by atoms with Crippen molar-refractivity contribution in [2.75, 3.05) is 7.05 Å². The molecule has 0 N–H and O–H groups in total. The van der Waals surface area contributed by atoms with Crippen molar-refractivity contribution in [3.05, 3.63) is 35.4 Å². The van der Waals surface area contributed by atoms with E-state index >= 15 is 0 Å². The lowest BCUT2D eigenvalue weighted by molar-refractivity contribution is -0.306. The van der Waals surface area contributed by atoms with Crippen LogP contribution in [0.1, 0.15) is 23.6 Å². The quantitative estimate of drug-likeness (QED) is 0.674. The Morgan fingerprint density at radius 3 is 3.00 bits per heavy atom. The van der Waals surface area contributed by atoms with Crippen molar-refractivity contribution in [3.8, 4) is 0 Å². The molecule has 0 radical (unpaired) electrons. The number of carbonyl (C=O) groups excluding carboxylic acids is 1. The highest BCUT2D eigenvalue weighted by Gasteiger charge is 2.26. The number of fused-ring (bicyclic) bond motifs is 1. The summed E-state index contributed by atoms with van der Waals surface area (Å²) in [5, 5.41) is 10.6. The van der Waals surface area contributed by atoms with Crippen molar-refractivity contribution in [1.82, 2.24) is 4.90 Å². The molecule has 0 aromatic heterocycles. The number of benzene rings is 1. The molecule has 1 atom stereocenters. The summed E-state index contributed by atoms with van der Waals surface area (Å²) in [5.41, 5.74) is 2.35. The predicted molar refractivity (Wildman–Crippen MR) is 50.3 cm³/mol. The van der Waals surface area contributed by atoms with Crippen LogP contribution in [0.2, 0.25) is 0 Å². The molecule has 0 bridgehead atoms. The summed E-state index contributed by atoms with van der Waals surface area (Å²) >= 11 is 0. The second-order valence-electron chi connectivity index (χ2n) is 3.71. The second kappa shape index (κ2) is 3.42. The molecule has 1 heterocycles. The molecule has 0 aliphatic carbocycles. The molecule has 1 aromatic carbocycles. The Bertz CT molecular complexity index is 362. The SMILES string of the molecule is CN1Cc2ccccc2C1CC(=O)[O-]. The third-order valence-electron chi connectivity index (χ3n) is 2.73. The third-order valence-corrected chi connectivity index (χ3v) is 2.73. The molecule has 0 spiro atoms. The van der Waals surface area contributed by atoms with E-state index in [0.29, 0.717) is 0 Å². The van der Waals surface area contributed by atoms with Gasteiger partial charge in [0.2, 0.25) is 0 Å². The zero-order chi connectivity index (χ0) is 10.1. The minimum atomic E-state index is -0.987. The van der Waals surface area contributed by atoms with Gasteiger partial charge in [0.15, 0.2) is 0 Å². The van der Waals surface area contributed by atoms with E-state index in [0.717, 1.165) is 12.1 Å². The van der Waals surface area contributed by atoms with E-state index in [1.54, 1.807) is 0 Å². The summed E-state index contributed by atoms with van der Waals surface area (Å²) in [6.45, 7) is 0.828. The smallest absolute Gasteiger partial charge is 0.0433 e. The lowest BCUT2D eigenvalue weighted by atomic mass is 10.0.